The van der Waals surface area contributed by atoms with Crippen molar-refractivity contribution in [2.75, 3.05) is 0 Å². The number of ether oxygens (including phenoxy) is 1. The highest BCUT2D eigenvalue weighted by Gasteiger charge is 2.22. The van der Waals surface area contributed by atoms with Crippen molar-refractivity contribution < 1.29 is 18.3 Å². The zero-order chi connectivity index (χ0) is 15.1. The monoisotopic (exact) mass is 288 g/mol. The van der Waals surface area contributed by atoms with Gasteiger partial charge in [0.15, 0.2) is 5.78 Å². The van der Waals surface area contributed by atoms with Gasteiger partial charge in [-0.15, -0.1) is 0 Å². The molecule has 1 unspecified atom stereocenters. The number of ketones is 1. The van der Waals surface area contributed by atoms with Gasteiger partial charge in [0.25, 0.3) is 0 Å². The molecule has 21 heavy (non-hydrogen) atoms. The molecule has 2 aromatic rings. The molecule has 0 radical (unpaired) electrons. The molecule has 0 fully saturated rings. The highest BCUT2D eigenvalue weighted by atomic mass is 19.1. The van der Waals surface area contributed by atoms with Crippen LogP contribution in [0.25, 0.3) is 0 Å². The second-order valence-electron chi connectivity index (χ2n) is 5.37. The maximum absolute atomic E-state index is 13.8. The quantitative estimate of drug-likeness (QED) is 0.785. The minimum Gasteiger partial charge on any atom is -0.490 e. The molecule has 1 heterocycles. The lowest BCUT2D eigenvalue weighted by Crippen LogP contribution is -2.06. The minimum atomic E-state index is -0.840. The summed E-state index contributed by atoms with van der Waals surface area (Å²) < 4.78 is 32.7. The Hall–Kier alpha value is -2.23. The lowest BCUT2D eigenvalue weighted by Gasteiger charge is -2.07. The van der Waals surface area contributed by atoms with Gasteiger partial charge in [0, 0.05) is 18.1 Å². The topological polar surface area (TPSA) is 26.3 Å². The molecule has 4 heteroatoms. The van der Waals surface area contributed by atoms with Crippen molar-refractivity contribution in [1.82, 2.24) is 0 Å². The predicted molar refractivity (Wildman–Crippen MR) is 74.8 cm³/mol. The zero-order valence-corrected chi connectivity index (χ0v) is 11.7. The van der Waals surface area contributed by atoms with Crippen LogP contribution in [0.5, 0.6) is 5.75 Å². The van der Waals surface area contributed by atoms with Crippen LogP contribution < -0.4 is 4.74 Å². The van der Waals surface area contributed by atoms with Gasteiger partial charge < -0.3 is 4.74 Å². The van der Waals surface area contributed by atoms with Gasteiger partial charge in [0.05, 0.1) is 5.56 Å². The summed E-state index contributed by atoms with van der Waals surface area (Å²) in [5, 5.41) is 0. The van der Waals surface area contributed by atoms with E-state index in [-0.39, 0.29) is 17.2 Å². The lowest BCUT2D eigenvalue weighted by atomic mass is 9.98. The van der Waals surface area contributed by atoms with Crippen LogP contribution in [0.2, 0.25) is 0 Å². The Kier molecular flexibility index (Phi) is 3.24. The number of hydrogen-bond acceptors (Lipinski definition) is 2. The van der Waals surface area contributed by atoms with E-state index in [4.69, 9.17) is 4.74 Å². The van der Waals surface area contributed by atoms with Gasteiger partial charge in [-0.05, 0) is 49.2 Å². The van der Waals surface area contributed by atoms with E-state index in [1.165, 1.54) is 13.0 Å². The van der Waals surface area contributed by atoms with Crippen LogP contribution >= 0.6 is 0 Å². The van der Waals surface area contributed by atoms with Gasteiger partial charge in [-0.3, -0.25) is 4.79 Å². The third kappa shape index (κ3) is 2.42. The van der Waals surface area contributed by atoms with Gasteiger partial charge in [-0.1, -0.05) is 0 Å². The largest absolute Gasteiger partial charge is 0.490 e. The first-order chi connectivity index (χ1) is 9.95. The Labute approximate surface area is 121 Å². The van der Waals surface area contributed by atoms with Crippen LogP contribution in [0, 0.1) is 18.6 Å². The number of rotatable bonds is 2. The summed E-state index contributed by atoms with van der Waals surface area (Å²) in [6.45, 7) is 3.45. The fraction of sp³-hybridized carbons (Fsp3) is 0.235. The van der Waals surface area contributed by atoms with E-state index in [9.17, 15) is 13.6 Å². The van der Waals surface area contributed by atoms with Crippen LogP contribution in [0.1, 0.15) is 34.0 Å². The van der Waals surface area contributed by atoms with Crippen molar-refractivity contribution in [1.29, 1.82) is 0 Å². The van der Waals surface area contributed by atoms with Gasteiger partial charge in [0.2, 0.25) is 0 Å². The lowest BCUT2D eigenvalue weighted by molar-refractivity contribution is 0.103. The molecule has 0 bridgehead atoms. The van der Waals surface area contributed by atoms with Crippen LogP contribution in [-0.2, 0) is 6.42 Å². The van der Waals surface area contributed by atoms with E-state index in [1.54, 1.807) is 18.2 Å². The van der Waals surface area contributed by atoms with Crippen LogP contribution in [-0.4, -0.2) is 11.9 Å². The summed E-state index contributed by atoms with van der Waals surface area (Å²) in [6.07, 6.45) is 0.802. The Bertz CT molecular complexity index is 738. The molecule has 1 atom stereocenters. The first-order valence-electron chi connectivity index (χ1n) is 6.75. The van der Waals surface area contributed by atoms with E-state index < -0.39 is 17.4 Å². The number of halogens is 2. The van der Waals surface area contributed by atoms with E-state index in [2.05, 4.69) is 0 Å². The summed E-state index contributed by atoms with van der Waals surface area (Å²) in [7, 11) is 0. The predicted octanol–water partition coefficient (Wildman–Crippen LogP) is 3.83. The molecule has 0 saturated heterocycles. The molecule has 2 aromatic carbocycles. The van der Waals surface area contributed by atoms with E-state index >= 15 is 0 Å². The highest BCUT2D eigenvalue weighted by Crippen LogP contribution is 2.30. The molecular weight excluding hydrogens is 274 g/mol. The maximum Gasteiger partial charge on any atom is 0.195 e. The number of carbonyl (C=O) groups excluding carboxylic acids is 1. The van der Waals surface area contributed by atoms with Crippen molar-refractivity contribution in [3.8, 4) is 5.75 Å². The first kappa shape index (κ1) is 13.7. The summed E-state index contributed by atoms with van der Waals surface area (Å²) in [4.78, 5) is 12.4. The standard InChI is InChI=1S/C17H14F2O2/c1-9-5-13(15(19)8-14(9)18)17(20)11-3-4-16-12(7-11)6-10(2)21-16/h3-5,7-8,10H,6H2,1-2H3. The van der Waals surface area contributed by atoms with E-state index in [0.717, 1.165) is 23.8 Å². The second-order valence-corrected chi connectivity index (χ2v) is 5.37. The minimum absolute atomic E-state index is 0.0788. The summed E-state index contributed by atoms with van der Waals surface area (Å²) >= 11 is 0. The molecule has 0 aromatic heterocycles. The molecular formula is C17H14F2O2. The van der Waals surface area contributed by atoms with Crippen molar-refractivity contribution in [3.05, 3.63) is 64.2 Å². The van der Waals surface area contributed by atoms with Gasteiger partial charge >= 0.3 is 0 Å². The van der Waals surface area contributed by atoms with Gasteiger partial charge in [-0.2, -0.15) is 0 Å². The third-order valence-electron chi connectivity index (χ3n) is 3.65. The average Bonchev–Trinajstić information content (AvgIpc) is 2.81. The molecule has 0 amide bonds. The number of fused-ring (bicyclic) bond motifs is 1. The summed E-state index contributed by atoms with van der Waals surface area (Å²) in [5.41, 5.74) is 1.46. The highest BCUT2D eigenvalue weighted by molar-refractivity contribution is 6.09. The van der Waals surface area contributed by atoms with Crippen molar-refractivity contribution in [3.63, 3.8) is 0 Å². The average molecular weight is 288 g/mol. The SMILES string of the molecule is Cc1cc(C(=O)c2ccc3c(c2)CC(C)O3)c(F)cc1F. The van der Waals surface area contributed by atoms with Crippen molar-refractivity contribution >= 4 is 5.78 Å². The van der Waals surface area contributed by atoms with Gasteiger partial charge in [0.1, 0.15) is 23.5 Å². The number of carbonyl (C=O) groups is 1. The Morgan fingerprint density at radius 3 is 2.71 bits per heavy atom. The summed E-state index contributed by atoms with van der Waals surface area (Å²) in [5.74, 6) is -1.18. The molecule has 1 aliphatic heterocycles. The molecule has 0 spiro atoms. The molecule has 108 valence electrons. The Balaban J connectivity index is 2.00. The normalized spacial score (nSPS) is 16.5. The second kappa shape index (κ2) is 4.95. The molecule has 2 nitrogen and oxygen atoms in total. The van der Waals surface area contributed by atoms with Gasteiger partial charge in [-0.25, -0.2) is 8.78 Å². The molecule has 0 saturated carbocycles. The maximum atomic E-state index is 13.8. The summed E-state index contributed by atoms with van der Waals surface area (Å²) in [6, 6.07) is 7.05. The zero-order valence-electron chi connectivity index (χ0n) is 11.7. The van der Waals surface area contributed by atoms with E-state index in [1.807, 2.05) is 6.92 Å². The van der Waals surface area contributed by atoms with Crippen LogP contribution in [0.4, 0.5) is 8.78 Å². The van der Waals surface area contributed by atoms with Crippen LogP contribution in [0.3, 0.4) is 0 Å². The fourth-order valence-corrected chi connectivity index (χ4v) is 2.55. The number of hydrogen-bond donors (Lipinski definition) is 0. The molecule has 0 aliphatic carbocycles. The smallest absolute Gasteiger partial charge is 0.195 e. The number of benzene rings is 2. The Morgan fingerprint density at radius 1 is 1.19 bits per heavy atom. The Morgan fingerprint density at radius 2 is 1.95 bits per heavy atom. The van der Waals surface area contributed by atoms with Crippen molar-refractivity contribution in [2.24, 2.45) is 0 Å². The molecule has 1 aliphatic rings. The third-order valence-corrected chi connectivity index (χ3v) is 3.65. The molecule has 0 N–H and O–H groups in total. The first-order valence-corrected chi connectivity index (χ1v) is 6.75. The fourth-order valence-electron chi connectivity index (χ4n) is 2.55. The van der Waals surface area contributed by atoms with Crippen LogP contribution in [0.15, 0.2) is 30.3 Å². The van der Waals surface area contributed by atoms with E-state index in [0.29, 0.717) is 5.56 Å². The van der Waals surface area contributed by atoms with Crippen molar-refractivity contribution in [2.45, 2.75) is 26.4 Å². The molecule has 3 rings (SSSR count). The number of aryl methyl sites for hydroxylation is 1.